The number of hydrogen-bond acceptors (Lipinski definition) is 5. The molecule has 1 N–H and O–H groups in total. The lowest BCUT2D eigenvalue weighted by atomic mass is 10.3. The quantitative estimate of drug-likeness (QED) is 0.797. The van der Waals surface area contributed by atoms with Crippen LogP contribution in [0, 0.1) is 6.92 Å². The van der Waals surface area contributed by atoms with Gasteiger partial charge in [0.1, 0.15) is 0 Å². The molecule has 1 aliphatic rings. The Morgan fingerprint density at radius 3 is 2.74 bits per heavy atom. The molecule has 2 rings (SSSR count). The number of nitrogens with zero attached hydrogens (tertiary/aromatic N) is 3. The third-order valence-electron chi connectivity index (χ3n) is 3.03. The minimum absolute atomic E-state index is 0.0476. The lowest BCUT2D eigenvalue weighted by Crippen LogP contribution is -2.49. The average Bonchev–Trinajstić information content (AvgIpc) is 2.85. The molecule has 0 unspecified atom stereocenters. The van der Waals surface area contributed by atoms with Gasteiger partial charge in [-0.1, -0.05) is 5.16 Å². The Labute approximate surface area is 111 Å². The monoisotopic (exact) mass is 266 g/mol. The second-order valence-electron chi connectivity index (χ2n) is 4.62. The molecule has 0 saturated carbocycles. The van der Waals surface area contributed by atoms with Crippen LogP contribution in [0.3, 0.4) is 0 Å². The van der Waals surface area contributed by atoms with Crippen LogP contribution in [0.5, 0.6) is 0 Å². The molecule has 2 heterocycles. The summed E-state index contributed by atoms with van der Waals surface area (Å²) in [6, 6.07) is 1.56. The Balaban J connectivity index is 1.91. The molecule has 1 aromatic rings. The van der Waals surface area contributed by atoms with Crippen LogP contribution in [0.25, 0.3) is 0 Å². The number of rotatable bonds is 3. The first-order valence-electron chi connectivity index (χ1n) is 6.25. The van der Waals surface area contributed by atoms with Crippen LogP contribution in [0.2, 0.25) is 0 Å². The Kier molecular flexibility index (Phi) is 4.16. The number of carbonyl (C=O) groups excluding carboxylic acids is 2. The zero-order chi connectivity index (χ0) is 13.8. The largest absolute Gasteiger partial charge is 0.351 e. The van der Waals surface area contributed by atoms with Gasteiger partial charge in [0.05, 0.1) is 12.2 Å². The number of carbonyl (C=O) groups is 2. The summed E-state index contributed by atoms with van der Waals surface area (Å²) in [5.41, 5.74) is 0.644. The Hall–Kier alpha value is -1.89. The molecule has 1 fully saturated rings. The lowest BCUT2D eigenvalue weighted by Gasteiger charge is -2.29. The van der Waals surface area contributed by atoms with Gasteiger partial charge in [0.15, 0.2) is 0 Å². The molecule has 7 nitrogen and oxygen atoms in total. The summed E-state index contributed by atoms with van der Waals surface area (Å²) < 4.78 is 4.90. The van der Waals surface area contributed by atoms with Crippen LogP contribution < -0.4 is 5.32 Å². The van der Waals surface area contributed by atoms with Gasteiger partial charge in [-0.05, 0) is 6.92 Å². The van der Waals surface area contributed by atoms with Gasteiger partial charge in [-0.15, -0.1) is 0 Å². The van der Waals surface area contributed by atoms with E-state index in [0.29, 0.717) is 18.8 Å². The van der Waals surface area contributed by atoms with E-state index in [1.165, 1.54) is 4.90 Å². The van der Waals surface area contributed by atoms with E-state index in [2.05, 4.69) is 10.5 Å². The van der Waals surface area contributed by atoms with Gasteiger partial charge in [0, 0.05) is 39.3 Å². The smallest absolute Gasteiger partial charge is 0.292 e. The van der Waals surface area contributed by atoms with E-state index >= 15 is 0 Å². The van der Waals surface area contributed by atoms with Crippen LogP contribution in [0.15, 0.2) is 10.6 Å². The van der Waals surface area contributed by atoms with Gasteiger partial charge in [-0.3, -0.25) is 9.59 Å². The number of hydrogen-bond donors (Lipinski definition) is 1. The maximum Gasteiger partial charge on any atom is 0.292 e. The molecule has 19 heavy (non-hydrogen) atoms. The van der Waals surface area contributed by atoms with E-state index in [0.717, 1.165) is 13.1 Å². The zero-order valence-electron chi connectivity index (χ0n) is 11.2. The van der Waals surface area contributed by atoms with E-state index in [1.807, 2.05) is 0 Å². The average molecular weight is 266 g/mol. The first-order chi connectivity index (χ1) is 9.08. The normalized spacial score (nSPS) is 15.4. The molecule has 7 heteroatoms. The van der Waals surface area contributed by atoms with E-state index < -0.39 is 0 Å². The molecule has 0 aliphatic carbocycles. The molecule has 1 aliphatic heterocycles. The first kappa shape index (κ1) is 13.5. The van der Waals surface area contributed by atoms with Crippen molar-refractivity contribution in [2.75, 3.05) is 39.8 Å². The fourth-order valence-corrected chi connectivity index (χ4v) is 1.94. The minimum Gasteiger partial charge on any atom is -0.351 e. The van der Waals surface area contributed by atoms with Crippen LogP contribution in [-0.4, -0.2) is 66.5 Å². The highest BCUT2D eigenvalue weighted by atomic mass is 16.5. The fraction of sp³-hybridized carbons (Fsp3) is 0.583. The van der Waals surface area contributed by atoms with Crippen molar-refractivity contribution in [1.82, 2.24) is 20.3 Å². The summed E-state index contributed by atoms with van der Waals surface area (Å²) in [5.74, 6) is -0.217. The van der Waals surface area contributed by atoms with Crippen molar-refractivity contribution < 1.29 is 14.1 Å². The Bertz CT molecular complexity index is 465. The zero-order valence-corrected chi connectivity index (χ0v) is 11.2. The van der Waals surface area contributed by atoms with Crippen LogP contribution in [-0.2, 0) is 4.79 Å². The van der Waals surface area contributed by atoms with E-state index in [-0.39, 0.29) is 24.1 Å². The number of nitrogens with one attached hydrogen (secondary N) is 1. The highest BCUT2D eigenvalue weighted by molar-refractivity contribution is 5.94. The number of likely N-dealkylation sites (N-methyl/N-ethyl adjacent to an activating group) is 1. The van der Waals surface area contributed by atoms with Gasteiger partial charge in [-0.2, -0.15) is 0 Å². The number of piperazine rings is 1. The predicted octanol–water partition coefficient (Wildman–Crippen LogP) is -0.513. The third-order valence-corrected chi connectivity index (χ3v) is 3.03. The molecule has 0 bridgehead atoms. The first-order valence-corrected chi connectivity index (χ1v) is 6.25. The summed E-state index contributed by atoms with van der Waals surface area (Å²) >= 11 is 0. The van der Waals surface area contributed by atoms with Gasteiger partial charge in [-0.25, -0.2) is 0 Å². The van der Waals surface area contributed by atoms with Gasteiger partial charge in [0.2, 0.25) is 11.7 Å². The molecule has 1 saturated heterocycles. The lowest BCUT2D eigenvalue weighted by molar-refractivity contribution is -0.132. The second-order valence-corrected chi connectivity index (χ2v) is 4.62. The summed E-state index contributed by atoms with van der Waals surface area (Å²) in [6.45, 7) is 4.75. The Morgan fingerprint density at radius 2 is 2.16 bits per heavy atom. The topological polar surface area (TPSA) is 78.7 Å². The third kappa shape index (κ3) is 3.31. The molecule has 1 aromatic heterocycles. The van der Waals surface area contributed by atoms with Crippen LogP contribution in [0.4, 0.5) is 0 Å². The molecular formula is C12H18N4O3. The van der Waals surface area contributed by atoms with Gasteiger partial charge < -0.3 is 19.6 Å². The number of aromatic nitrogens is 1. The summed E-state index contributed by atoms with van der Waals surface area (Å²) in [5, 5.41) is 6.84. The van der Waals surface area contributed by atoms with Crippen molar-refractivity contribution in [3.05, 3.63) is 17.5 Å². The fourth-order valence-electron chi connectivity index (χ4n) is 1.94. The maximum atomic E-state index is 12.0. The van der Waals surface area contributed by atoms with Gasteiger partial charge in [0.25, 0.3) is 5.91 Å². The number of amides is 2. The standard InChI is InChI=1S/C12H18N4O3/c1-9-7-10(19-14-9)12(18)15(2)8-11(17)16-5-3-13-4-6-16/h7,13H,3-6,8H2,1-2H3. The maximum absolute atomic E-state index is 12.0. The summed E-state index contributed by atoms with van der Waals surface area (Å²) in [7, 11) is 1.58. The van der Waals surface area contributed by atoms with E-state index in [1.54, 1.807) is 24.9 Å². The van der Waals surface area contributed by atoms with Gasteiger partial charge >= 0.3 is 0 Å². The highest BCUT2D eigenvalue weighted by Crippen LogP contribution is 2.06. The predicted molar refractivity (Wildman–Crippen MR) is 67.7 cm³/mol. The number of aryl methyl sites for hydroxylation is 1. The molecule has 0 radical (unpaired) electrons. The van der Waals surface area contributed by atoms with Crippen LogP contribution >= 0.6 is 0 Å². The summed E-state index contributed by atoms with van der Waals surface area (Å²) in [6.07, 6.45) is 0. The summed E-state index contributed by atoms with van der Waals surface area (Å²) in [4.78, 5) is 27.1. The van der Waals surface area contributed by atoms with Crippen LogP contribution in [0.1, 0.15) is 16.2 Å². The molecule has 2 amide bonds. The Morgan fingerprint density at radius 1 is 1.47 bits per heavy atom. The van der Waals surface area contributed by atoms with Crippen molar-refractivity contribution in [2.24, 2.45) is 0 Å². The molecule has 0 aromatic carbocycles. The van der Waals surface area contributed by atoms with Crippen molar-refractivity contribution in [3.63, 3.8) is 0 Å². The molecule has 0 atom stereocenters. The van der Waals surface area contributed by atoms with Crippen molar-refractivity contribution in [3.8, 4) is 0 Å². The van der Waals surface area contributed by atoms with Crippen molar-refractivity contribution in [2.45, 2.75) is 6.92 Å². The molecule has 104 valence electrons. The van der Waals surface area contributed by atoms with Crippen molar-refractivity contribution >= 4 is 11.8 Å². The molecular weight excluding hydrogens is 248 g/mol. The highest BCUT2D eigenvalue weighted by Gasteiger charge is 2.22. The molecule has 0 spiro atoms. The van der Waals surface area contributed by atoms with Crippen molar-refractivity contribution in [1.29, 1.82) is 0 Å². The van der Waals surface area contributed by atoms with E-state index in [9.17, 15) is 9.59 Å². The SMILES string of the molecule is Cc1cc(C(=O)N(C)CC(=O)N2CCNCC2)on1. The van der Waals surface area contributed by atoms with E-state index in [4.69, 9.17) is 4.52 Å². The minimum atomic E-state index is -0.330. The second kappa shape index (κ2) is 5.83.